The largest absolute Gasteiger partial charge is 0.457 e. The molecular formula is C18H23NOS. The van der Waals surface area contributed by atoms with Crippen molar-refractivity contribution in [2.45, 2.75) is 37.6 Å². The van der Waals surface area contributed by atoms with Gasteiger partial charge < -0.3 is 10.5 Å². The van der Waals surface area contributed by atoms with Crippen LogP contribution in [-0.4, -0.2) is 12.3 Å². The van der Waals surface area contributed by atoms with E-state index in [1.54, 1.807) is 11.8 Å². The molecule has 2 aromatic rings. The quantitative estimate of drug-likeness (QED) is 0.779. The summed E-state index contributed by atoms with van der Waals surface area (Å²) in [7, 11) is 0. The lowest BCUT2D eigenvalue weighted by atomic mass is 10.00. The van der Waals surface area contributed by atoms with Crippen LogP contribution in [0.3, 0.4) is 0 Å². The average molecular weight is 301 g/mol. The Bertz CT molecular complexity index is 580. The molecule has 0 heterocycles. The van der Waals surface area contributed by atoms with Gasteiger partial charge in [-0.2, -0.15) is 0 Å². The average Bonchev–Trinajstić information content (AvgIpc) is 2.50. The van der Waals surface area contributed by atoms with E-state index in [1.807, 2.05) is 18.2 Å². The zero-order valence-corrected chi connectivity index (χ0v) is 13.7. The first-order valence-electron chi connectivity index (χ1n) is 7.29. The van der Waals surface area contributed by atoms with Gasteiger partial charge in [-0.05, 0) is 73.5 Å². The zero-order chi connectivity index (χ0) is 15.2. The minimum absolute atomic E-state index is 0.231. The number of aryl methyl sites for hydroxylation is 1. The van der Waals surface area contributed by atoms with Crippen molar-refractivity contribution in [1.29, 1.82) is 0 Å². The molecule has 0 aliphatic heterocycles. The Morgan fingerprint density at radius 2 is 1.76 bits per heavy atom. The van der Waals surface area contributed by atoms with Crippen molar-refractivity contribution in [2.24, 2.45) is 5.73 Å². The second-order valence-electron chi connectivity index (χ2n) is 5.24. The van der Waals surface area contributed by atoms with E-state index in [4.69, 9.17) is 10.5 Å². The number of hydrogen-bond acceptors (Lipinski definition) is 3. The van der Waals surface area contributed by atoms with Crippen LogP contribution < -0.4 is 10.5 Å². The van der Waals surface area contributed by atoms with E-state index in [2.05, 4.69) is 44.4 Å². The highest BCUT2D eigenvalue weighted by Gasteiger charge is 2.06. The Labute approximate surface area is 131 Å². The van der Waals surface area contributed by atoms with Crippen LogP contribution in [0.25, 0.3) is 0 Å². The van der Waals surface area contributed by atoms with Crippen molar-refractivity contribution in [1.82, 2.24) is 0 Å². The van der Waals surface area contributed by atoms with Crippen molar-refractivity contribution < 1.29 is 4.74 Å². The maximum Gasteiger partial charge on any atom is 0.127 e. The van der Waals surface area contributed by atoms with Gasteiger partial charge in [-0.15, -0.1) is 11.8 Å². The molecule has 0 aromatic heterocycles. The Hall–Kier alpha value is -1.45. The summed E-state index contributed by atoms with van der Waals surface area (Å²) in [6, 6.07) is 14.6. The Balaban J connectivity index is 2.08. The summed E-state index contributed by atoms with van der Waals surface area (Å²) in [5.41, 5.74) is 8.56. The molecule has 112 valence electrons. The number of nitrogens with two attached hydrogens (primary N) is 1. The molecule has 0 radical (unpaired) electrons. The van der Waals surface area contributed by atoms with Gasteiger partial charge in [-0.3, -0.25) is 0 Å². The van der Waals surface area contributed by atoms with Gasteiger partial charge in [0, 0.05) is 10.9 Å². The molecule has 3 heteroatoms. The fourth-order valence-electron chi connectivity index (χ4n) is 2.17. The molecule has 0 saturated heterocycles. The highest BCUT2D eigenvalue weighted by atomic mass is 32.2. The first-order valence-corrected chi connectivity index (χ1v) is 8.52. The zero-order valence-electron chi connectivity index (χ0n) is 12.9. The third-order valence-electron chi connectivity index (χ3n) is 3.62. The normalized spacial score (nSPS) is 12.2. The number of ether oxygens (including phenoxy) is 1. The van der Waals surface area contributed by atoms with E-state index in [0.29, 0.717) is 0 Å². The summed E-state index contributed by atoms with van der Waals surface area (Å²) in [5.74, 6) is 1.74. The van der Waals surface area contributed by atoms with Gasteiger partial charge in [-0.1, -0.05) is 13.0 Å². The molecule has 0 saturated carbocycles. The van der Waals surface area contributed by atoms with E-state index in [1.165, 1.54) is 16.0 Å². The van der Waals surface area contributed by atoms with Crippen LogP contribution in [0, 0.1) is 6.92 Å². The molecule has 0 bridgehead atoms. The van der Waals surface area contributed by atoms with Crippen molar-refractivity contribution in [3.05, 3.63) is 53.6 Å². The van der Waals surface area contributed by atoms with Crippen LogP contribution in [0.15, 0.2) is 47.4 Å². The fourth-order valence-corrected chi connectivity index (χ4v) is 2.58. The maximum atomic E-state index is 6.03. The van der Waals surface area contributed by atoms with E-state index >= 15 is 0 Å². The molecule has 2 aromatic carbocycles. The van der Waals surface area contributed by atoms with Crippen LogP contribution in [0.4, 0.5) is 0 Å². The van der Waals surface area contributed by atoms with Crippen LogP contribution in [0.2, 0.25) is 0 Å². The first kappa shape index (κ1) is 15.9. The van der Waals surface area contributed by atoms with Crippen molar-refractivity contribution in [3.63, 3.8) is 0 Å². The molecule has 1 unspecified atom stereocenters. The van der Waals surface area contributed by atoms with Crippen LogP contribution in [-0.2, 0) is 6.42 Å². The standard InChI is InChI=1S/C18H23NOS/c1-4-15(19)12-14-5-6-17(11-13(14)2)20-16-7-9-18(21-3)10-8-16/h5-11,15H,4,12,19H2,1-3H3. The predicted molar refractivity (Wildman–Crippen MR) is 91.4 cm³/mol. The number of rotatable bonds is 6. The summed E-state index contributed by atoms with van der Waals surface area (Å²) in [6.45, 7) is 4.23. The minimum Gasteiger partial charge on any atom is -0.457 e. The Morgan fingerprint density at radius 1 is 1.10 bits per heavy atom. The second-order valence-corrected chi connectivity index (χ2v) is 6.12. The lowest BCUT2D eigenvalue weighted by Gasteiger charge is -2.13. The van der Waals surface area contributed by atoms with Gasteiger partial charge in [0.2, 0.25) is 0 Å². The van der Waals surface area contributed by atoms with Gasteiger partial charge in [-0.25, -0.2) is 0 Å². The summed E-state index contributed by atoms with van der Waals surface area (Å²) < 4.78 is 5.90. The predicted octanol–water partition coefficient (Wildman–Crippen LogP) is 4.79. The molecule has 2 nitrogen and oxygen atoms in total. The van der Waals surface area contributed by atoms with Crippen molar-refractivity contribution in [3.8, 4) is 11.5 Å². The lowest BCUT2D eigenvalue weighted by Crippen LogP contribution is -2.21. The molecule has 0 fully saturated rings. The lowest BCUT2D eigenvalue weighted by molar-refractivity contribution is 0.481. The van der Waals surface area contributed by atoms with Gasteiger partial charge in [0.05, 0.1) is 0 Å². The Kier molecular flexibility index (Phi) is 5.71. The summed E-state index contributed by atoms with van der Waals surface area (Å²) in [5, 5.41) is 0. The minimum atomic E-state index is 0.231. The first-order chi connectivity index (χ1) is 10.1. The highest BCUT2D eigenvalue weighted by molar-refractivity contribution is 7.98. The molecule has 1 atom stereocenters. The van der Waals surface area contributed by atoms with Gasteiger partial charge >= 0.3 is 0 Å². The number of benzene rings is 2. The third kappa shape index (κ3) is 4.51. The molecule has 0 spiro atoms. The van der Waals surface area contributed by atoms with Crippen molar-refractivity contribution in [2.75, 3.05) is 6.26 Å². The summed E-state index contributed by atoms with van der Waals surface area (Å²) in [4.78, 5) is 1.24. The molecule has 0 aliphatic carbocycles. The number of thioether (sulfide) groups is 1. The van der Waals surface area contributed by atoms with Crippen LogP contribution >= 0.6 is 11.8 Å². The van der Waals surface area contributed by atoms with E-state index in [9.17, 15) is 0 Å². The monoisotopic (exact) mass is 301 g/mol. The number of hydrogen-bond donors (Lipinski definition) is 1. The SMILES string of the molecule is CCC(N)Cc1ccc(Oc2ccc(SC)cc2)cc1C. The molecule has 0 amide bonds. The fraction of sp³-hybridized carbons (Fsp3) is 0.333. The molecule has 2 rings (SSSR count). The smallest absolute Gasteiger partial charge is 0.127 e. The maximum absolute atomic E-state index is 6.03. The van der Waals surface area contributed by atoms with Crippen LogP contribution in [0.5, 0.6) is 11.5 Å². The second kappa shape index (κ2) is 7.53. The molecule has 0 aliphatic rings. The Morgan fingerprint density at radius 3 is 2.33 bits per heavy atom. The summed E-state index contributed by atoms with van der Waals surface area (Å²) >= 11 is 1.73. The molecule has 2 N–H and O–H groups in total. The van der Waals surface area contributed by atoms with E-state index in [0.717, 1.165) is 24.3 Å². The van der Waals surface area contributed by atoms with E-state index < -0.39 is 0 Å². The van der Waals surface area contributed by atoms with Gasteiger partial charge in [0.15, 0.2) is 0 Å². The topological polar surface area (TPSA) is 35.2 Å². The molecular weight excluding hydrogens is 278 g/mol. The third-order valence-corrected chi connectivity index (χ3v) is 4.36. The van der Waals surface area contributed by atoms with Gasteiger partial charge in [0.1, 0.15) is 11.5 Å². The molecule has 21 heavy (non-hydrogen) atoms. The summed E-state index contributed by atoms with van der Waals surface area (Å²) in [6.07, 6.45) is 3.99. The highest BCUT2D eigenvalue weighted by Crippen LogP contribution is 2.26. The van der Waals surface area contributed by atoms with Crippen molar-refractivity contribution >= 4 is 11.8 Å². The van der Waals surface area contributed by atoms with Crippen LogP contribution in [0.1, 0.15) is 24.5 Å². The van der Waals surface area contributed by atoms with Gasteiger partial charge in [0.25, 0.3) is 0 Å². The van der Waals surface area contributed by atoms with E-state index in [-0.39, 0.29) is 6.04 Å².